The molecule has 0 saturated heterocycles. The van der Waals surface area contributed by atoms with Gasteiger partial charge in [0.15, 0.2) is 5.76 Å². The largest absolute Gasteiger partial charge is 0.463 e. The predicted octanol–water partition coefficient (Wildman–Crippen LogP) is 1.98. The normalized spacial score (nSPS) is 10.5. The Hall–Kier alpha value is -3.33. The molecular weight excluding hydrogens is 380 g/mol. The summed E-state index contributed by atoms with van der Waals surface area (Å²) >= 11 is 1.47. The van der Waals surface area contributed by atoms with Crippen LogP contribution < -0.4 is 16.2 Å². The van der Waals surface area contributed by atoms with Gasteiger partial charge in [0.2, 0.25) is 0 Å². The number of amides is 2. The van der Waals surface area contributed by atoms with Gasteiger partial charge in [0.25, 0.3) is 5.56 Å². The van der Waals surface area contributed by atoms with Crippen LogP contribution in [0.15, 0.2) is 68.9 Å². The number of carbonyl (C=O) groups excluding carboxylic acids is 2. The first kappa shape index (κ1) is 19.4. The number of thioether (sulfide) groups is 1. The van der Waals surface area contributed by atoms with Gasteiger partial charge in [-0.2, -0.15) is 5.10 Å². The molecule has 0 bridgehead atoms. The van der Waals surface area contributed by atoms with Crippen LogP contribution in [0.5, 0.6) is 0 Å². The molecule has 0 unspecified atom stereocenters. The molecule has 0 fully saturated rings. The zero-order valence-electron chi connectivity index (χ0n) is 15.0. The van der Waals surface area contributed by atoms with Crippen molar-refractivity contribution in [2.75, 3.05) is 18.1 Å². The minimum atomic E-state index is -0.786. The maximum absolute atomic E-state index is 12.1. The standard InChI is InChI=1S/C19H18N4O4S/c1-28-16-7-3-2-5-14(16)21-19(26)18(25)20-10-11-23-17(24)9-8-13(22-23)15-6-4-12-27-15/h2-9,12H,10-11H2,1H3,(H,20,25)(H,21,26). The number of furan rings is 1. The van der Waals surface area contributed by atoms with Crippen LogP contribution in [-0.4, -0.2) is 34.4 Å². The van der Waals surface area contributed by atoms with E-state index in [1.54, 1.807) is 30.3 Å². The highest BCUT2D eigenvalue weighted by Crippen LogP contribution is 2.24. The van der Waals surface area contributed by atoms with Crippen LogP contribution >= 0.6 is 11.8 Å². The van der Waals surface area contributed by atoms with Crippen LogP contribution in [0.4, 0.5) is 5.69 Å². The van der Waals surface area contributed by atoms with Crippen molar-refractivity contribution >= 4 is 29.3 Å². The highest BCUT2D eigenvalue weighted by molar-refractivity contribution is 7.98. The number of nitrogens with zero attached hydrogens (tertiary/aromatic N) is 2. The number of nitrogens with one attached hydrogen (secondary N) is 2. The topological polar surface area (TPSA) is 106 Å². The number of para-hydroxylation sites is 1. The van der Waals surface area contributed by atoms with Gasteiger partial charge >= 0.3 is 11.8 Å². The summed E-state index contributed by atoms with van der Waals surface area (Å²) in [4.78, 5) is 36.9. The van der Waals surface area contributed by atoms with Crippen molar-refractivity contribution in [1.82, 2.24) is 15.1 Å². The van der Waals surface area contributed by atoms with Gasteiger partial charge in [0, 0.05) is 17.5 Å². The first-order valence-electron chi connectivity index (χ1n) is 8.42. The average Bonchev–Trinajstić information content (AvgIpc) is 3.24. The fourth-order valence-corrected chi connectivity index (χ4v) is 3.00. The maximum atomic E-state index is 12.1. The number of anilines is 1. The van der Waals surface area contributed by atoms with Crippen molar-refractivity contribution in [2.45, 2.75) is 11.4 Å². The Morgan fingerprint density at radius 1 is 1.11 bits per heavy atom. The molecule has 0 saturated carbocycles. The number of aromatic nitrogens is 2. The number of hydrogen-bond donors (Lipinski definition) is 2. The molecular formula is C19H18N4O4S. The molecule has 3 rings (SSSR count). The van der Waals surface area contributed by atoms with Gasteiger partial charge in [0.1, 0.15) is 5.69 Å². The number of benzene rings is 1. The zero-order valence-corrected chi connectivity index (χ0v) is 15.9. The van der Waals surface area contributed by atoms with E-state index in [1.165, 1.54) is 28.8 Å². The Morgan fingerprint density at radius 3 is 2.68 bits per heavy atom. The quantitative estimate of drug-likeness (QED) is 0.486. The molecule has 28 heavy (non-hydrogen) atoms. The smallest absolute Gasteiger partial charge is 0.313 e. The molecule has 2 aromatic heterocycles. The Balaban J connectivity index is 1.57. The summed E-state index contributed by atoms with van der Waals surface area (Å²) in [5, 5.41) is 9.27. The molecule has 1 aromatic carbocycles. The van der Waals surface area contributed by atoms with Crippen LogP contribution in [0.2, 0.25) is 0 Å². The summed E-state index contributed by atoms with van der Waals surface area (Å²) in [6, 6.07) is 13.6. The Bertz CT molecular complexity index is 1030. The minimum Gasteiger partial charge on any atom is -0.463 e. The van der Waals surface area contributed by atoms with E-state index in [0.717, 1.165) is 4.90 Å². The van der Waals surface area contributed by atoms with Crippen molar-refractivity contribution in [3.05, 3.63) is 65.1 Å². The first-order chi connectivity index (χ1) is 13.6. The Morgan fingerprint density at radius 2 is 1.93 bits per heavy atom. The Kier molecular flexibility index (Phi) is 6.28. The van der Waals surface area contributed by atoms with E-state index in [0.29, 0.717) is 17.1 Å². The van der Waals surface area contributed by atoms with Gasteiger partial charge in [-0.25, -0.2) is 4.68 Å². The van der Waals surface area contributed by atoms with Crippen molar-refractivity contribution in [1.29, 1.82) is 0 Å². The van der Waals surface area contributed by atoms with Crippen molar-refractivity contribution in [2.24, 2.45) is 0 Å². The van der Waals surface area contributed by atoms with E-state index >= 15 is 0 Å². The van der Waals surface area contributed by atoms with Crippen LogP contribution in [0.25, 0.3) is 11.5 Å². The van der Waals surface area contributed by atoms with Gasteiger partial charge in [-0.05, 0) is 36.6 Å². The lowest BCUT2D eigenvalue weighted by Crippen LogP contribution is -2.38. The van der Waals surface area contributed by atoms with Gasteiger partial charge < -0.3 is 15.1 Å². The van der Waals surface area contributed by atoms with E-state index in [-0.39, 0.29) is 18.6 Å². The maximum Gasteiger partial charge on any atom is 0.313 e. The van der Waals surface area contributed by atoms with Gasteiger partial charge in [-0.3, -0.25) is 14.4 Å². The Labute approximate surface area is 164 Å². The highest BCUT2D eigenvalue weighted by Gasteiger charge is 2.15. The monoisotopic (exact) mass is 398 g/mol. The zero-order chi connectivity index (χ0) is 19.9. The second-order valence-corrected chi connectivity index (χ2v) is 6.52. The highest BCUT2D eigenvalue weighted by atomic mass is 32.2. The van der Waals surface area contributed by atoms with Gasteiger partial charge in [-0.1, -0.05) is 12.1 Å². The fraction of sp³-hybridized carbons (Fsp3) is 0.158. The molecule has 9 heteroatoms. The summed E-state index contributed by atoms with van der Waals surface area (Å²) in [5.74, 6) is -1.03. The third-order valence-corrected chi connectivity index (χ3v) is 4.61. The van der Waals surface area contributed by atoms with E-state index in [2.05, 4.69) is 15.7 Å². The third-order valence-electron chi connectivity index (χ3n) is 3.81. The van der Waals surface area contributed by atoms with E-state index in [9.17, 15) is 14.4 Å². The number of rotatable bonds is 6. The van der Waals surface area contributed by atoms with Crippen LogP contribution in [-0.2, 0) is 16.1 Å². The lowest BCUT2D eigenvalue weighted by molar-refractivity contribution is -0.136. The predicted molar refractivity (Wildman–Crippen MR) is 106 cm³/mol. The molecule has 0 aliphatic rings. The summed E-state index contributed by atoms with van der Waals surface area (Å²) in [6.07, 6.45) is 3.40. The molecule has 3 aromatic rings. The van der Waals surface area contributed by atoms with Crippen molar-refractivity contribution in [3.8, 4) is 11.5 Å². The number of hydrogen-bond acceptors (Lipinski definition) is 6. The fourth-order valence-electron chi connectivity index (χ4n) is 2.45. The van der Waals surface area contributed by atoms with Crippen LogP contribution in [0.1, 0.15) is 0 Å². The van der Waals surface area contributed by atoms with Crippen molar-refractivity contribution in [3.63, 3.8) is 0 Å². The molecule has 144 valence electrons. The molecule has 2 N–H and O–H groups in total. The lowest BCUT2D eigenvalue weighted by atomic mass is 10.3. The summed E-state index contributed by atoms with van der Waals surface area (Å²) in [7, 11) is 0. The van der Waals surface area contributed by atoms with E-state index < -0.39 is 11.8 Å². The van der Waals surface area contributed by atoms with Gasteiger partial charge in [0.05, 0.1) is 18.5 Å². The molecule has 2 heterocycles. The SMILES string of the molecule is CSc1ccccc1NC(=O)C(=O)NCCn1nc(-c2ccco2)ccc1=O. The van der Waals surface area contributed by atoms with Crippen LogP contribution in [0.3, 0.4) is 0 Å². The molecule has 0 spiro atoms. The first-order valence-corrected chi connectivity index (χ1v) is 9.65. The average molecular weight is 398 g/mol. The molecule has 0 atom stereocenters. The number of carbonyl (C=O) groups is 2. The van der Waals surface area contributed by atoms with Gasteiger partial charge in [-0.15, -0.1) is 11.8 Å². The van der Waals surface area contributed by atoms with E-state index in [1.807, 2.05) is 18.4 Å². The molecule has 0 radical (unpaired) electrons. The van der Waals surface area contributed by atoms with E-state index in [4.69, 9.17) is 4.42 Å². The molecule has 0 aliphatic heterocycles. The summed E-state index contributed by atoms with van der Waals surface area (Å²) in [6.45, 7) is 0.193. The summed E-state index contributed by atoms with van der Waals surface area (Å²) < 4.78 is 6.47. The minimum absolute atomic E-state index is 0.0743. The molecule has 8 nitrogen and oxygen atoms in total. The second kappa shape index (κ2) is 9.05. The van der Waals surface area contributed by atoms with Crippen molar-refractivity contribution < 1.29 is 14.0 Å². The summed E-state index contributed by atoms with van der Waals surface area (Å²) in [5.41, 5.74) is 0.754. The lowest BCUT2D eigenvalue weighted by Gasteiger charge is -2.10. The molecule has 2 amide bonds. The third kappa shape index (κ3) is 4.68. The molecule has 0 aliphatic carbocycles. The second-order valence-electron chi connectivity index (χ2n) is 5.67. The van der Waals surface area contributed by atoms with Crippen LogP contribution in [0, 0.1) is 0 Å².